The number of nitrogens with one attached hydrogen (secondary N) is 1. The Labute approximate surface area is 137 Å². The van der Waals surface area contributed by atoms with Crippen LogP contribution in [0.3, 0.4) is 0 Å². The molecule has 3 rings (SSSR count). The highest BCUT2D eigenvalue weighted by atomic mass is 79.9. The first kappa shape index (κ1) is 14.2. The van der Waals surface area contributed by atoms with Gasteiger partial charge in [-0.25, -0.2) is 0 Å². The van der Waals surface area contributed by atoms with Crippen LogP contribution in [-0.2, 0) is 0 Å². The highest BCUT2D eigenvalue weighted by Gasteiger charge is 2.30. The fourth-order valence-corrected chi connectivity index (χ4v) is 3.40. The smallest absolute Gasteiger partial charge is 0.0498 e. The van der Waals surface area contributed by atoms with Crippen molar-refractivity contribution in [3.8, 4) is 0 Å². The molecule has 1 aliphatic rings. The summed E-state index contributed by atoms with van der Waals surface area (Å²) >= 11 is 7.12. The SMILES string of the molecule is Cc1ccc(C2CC(Nc3cc(Br)ccc3Br)C2)cc1. The highest BCUT2D eigenvalue weighted by Crippen LogP contribution is 2.39. The molecule has 1 fully saturated rings. The van der Waals surface area contributed by atoms with E-state index in [1.807, 2.05) is 6.07 Å². The highest BCUT2D eigenvalue weighted by molar-refractivity contribution is 9.11. The van der Waals surface area contributed by atoms with E-state index in [1.54, 1.807) is 0 Å². The molecule has 0 saturated heterocycles. The van der Waals surface area contributed by atoms with Gasteiger partial charge >= 0.3 is 0 Å². The lowest BCUT2D eigenvalue weighted by atomic mass is 9.75. The lowest BCUT2D eigenvalue weighted by Crippen LogP contribution is -2.34. The third kappa shape index (κ3) is 3.09. The average Bonchev–Trinajstić information content (AvgIpc) is 2.39. The lowest BCUT2D eigenvalue weighted by molar-refractivity contribution is 0.374. The lowest BCUT2D eigenvalue weighted by Gasteiger charge is -2.37. The summed E-state index contributed by atoms with van der Waals surface area (Å²) in [7, 11) is 0. The average molecular weight is 395 g/mol. The Morgan fingerprint density at radius 2 is 1.70 bits per heavy atom. The summed E-state index contributed by atoms with van der Waals surface area (Å²) in [5.74, 6) is 0.707. The van der Waals surface area contributed by atoms with Gasteiger partial charge in [0.15, 0.2) is 0 Å². The Hall–Kier alpha value is -0.800. The van der Waals surface area contributed by atoms with Crippen molar-refractivity contribution in [2.24, 2.45) is 0 Å². The van der Waals surface area contributed by atoms with E-state index in [1.165, 1.54) is 29.7 Å². The molecule has 2 aromatic rings. The molecule has 104 valence electrons. The molecule has 0 aliphatic heterocycles. The number of benzene rings is 2. The minimum atomic E-state index is 0.576. The summed E-state index contributed by atoms with van der Waals surface area (Å²) in [6.45, 7) is 2.14. The van der Waals surface area contributed by atoms with E-state index in [9.17, 15) is 0 Å². The Kier molecular flexibility index (Phi) is 4.18. The minimum Gasteiger partial charge on any atom is -0.381 e. The van der Waals surface area contributed by atoms with Crippen molar-refractivity contribution in [2.45, 2.75) is 31.7 Å². The van der Waals surface area contributed by atoms with Crippen LogP contribution in [0.2, 0.25) is 0 Å². The van der Waals surface area contributed by atoms with Gasteiger partial charge in [-0.3, -0.25) is 0 Å². The van der Waals surface area contributed by atoms with Crippen molar-refractivity contribution in [1.29, 1.82) is 0 Å². The second-order valence-corrected chi connectivity index (χ2v) is 7.31. The molecule has 1 saturated carbocycles. The normalized spacial score (nSPS) is 21.4. The van der Waals surface area contributed by atoms with Gasteiger partial charge in [-0.15, -0.1) is 0 Å². The van der Waals surface area contributed by atoms with Crippen molar-refractivity contribution in [3.63, 3.8) is 0 Å². The molecule has 1 N–H and O–H groups in total. The molecular weight excluding hydrogens is 378 g/mol. The first-order valence-corrected chi connectivity index (χ1v) is 8.48. The zero-order valence-corrected chi connectivity index (χ0v) is 14.5. The number of hydrogen-bond acceptors (Lipinski definition) is 1. The predicted octanol–water partition coefficient (Wildman–Crippen LogP) is 5.88. The fraction of sp³-hybridized carbons (Fsp3) is 0.294. The summed E-state index contributed by atoms with van der Waals surface area (Å²) in [5.41, 5.74) is 3.98. The number of anilines is 1. The standard InChI is InChI=1S/C17H17Br2N/c1-11-2-4-12(5-3-11)13-8-15(9-13)20-17-10-14(18)6-7-16(17)19/h2-7,10,13,15,20H,8-9H2,1H3. The van der Waals surface area contributed by atoms with E-state index in [-0.39, 0.29) is 0 Å². The maximum absolute atomic E-state index is 3.62. The molecular formula is C17H17Br2N. The van der Waals surface area contributed by atoms with Crippen LogP contribution in [0.15, 0.2) is 51.4 Å². The van der Waals surface area contributed by atoms with Crippen LogP contribution < -0.4 is 5.32 Å². The maximum atomic E-state index is 3.62. The third-order valence-electron chi connectivity index (χ3n) is 3.97. The topological polar surface area (TPSA) is 12.0 Å². The molecule has 1 nitrogen and oxygen atoms in total. The van der Waals surface area contributed by atoms with Gasteiger partial charge in [-0.2, -0.15) is 0 Å². The van der Waals surface area contributed by atoms with Gasteiger partial charge in [0.1, 0.15) is 0 Å². The van der Waals surface area contributed by atoms with Crippen molar-refractivity contribution in [2.75, 3.05) is 5.32 Å². The Morgan fingerprint density at radius 3 is 2.40 bits per heavy atom. The molecule has 2 aromatic carbocycles. The van der Waals surface area contributed by atoms with Crippen molar-refractivity contribution in [1.82, 2.24) is 0 Å². The molecule has 0 bridgehead atoms. The van der Waals surface area contributed by atoms with Crippen LogP contribution in [0.1, 0.15) is 29.9 Å². The molecule has 0 amide bonds. The fourth-order valence-electron chi connectivity index (χ4n) is 2.67. The van der Waals surface area contributed by atoms with Crippen LogP contribution in [0.5, 0.6) is 0 Å². The summed E-state index contributed by atoms with van der Waals surface area (Å²) in [6.07, 6.45) is 2.42. The third-order valence-corrected chi connectivity index (χ3v) is 5.16. The van der Waals surface area contributed by atoms with Gasteiger partial charge in [-0.1, -0.05) is 45.8 Å². The van der Waals surface area contributed by atoms with E-state index in [0.717, 1.165) is 8.95 Å². The van der Waals surface area contributed by atoms with Crippen molar-refractivity contribution >= 4 is 37.5 Å². The van der Waals surface area contributed by atoms with Crippen LogP contribution in [-0.4, -0.2) is 6.04 Å². The zero-order chi connectivity index (χ0) is 14.1. The van der Waals surface area contributed by atoms with Crippen LogP contribution in [0, 0.1) is 6.92 Å². The first-order chi connectivity index (χ1) is 9.61. The number of halogens is 2. The molecule has 0 heterocycles. The van der Waals surface area contributed by atoms with E-state index < -0.39 is 0 Å². The van der Waals surface area contributed by atoms with Gasteiger partial charge in [0.25, 0.3) is 0 Å². The minimum absolute atomic E-state index is 0.576. The second kappa shape index (κ2) is 5.90. The summed E-state index contributed by atoms with van der Waals surface area (Å²) < 4.78 is 2.23. The maximum Gasteiger partial charge on any atom is 0.0498 e. The Morgan fingerprint density at radius 1 is 1.00 bits per heavy atom. The van der Waals surface area contributed by atoms with Crippen LogP contribution >= 0.6 is 31.9 Å². The van der Waals surface area contributed by atoms with E-state index in [0.29, 0.717) is 12.0 Å². The molecule has 0 atom stereocenters. The monoisotopic (exact) mass is 393 g/mol. The molecule has 0 unspecified atom stereocenters. The van der Waals surface area contributed by atoms with E-state index in [2.05, 4.69) is 80.5 Å². The second-order valence-electron chi connectivity index (χ2n) is 5.54. The number of hydrogen-bond donors (Lipinski definition) is 1. The molecule has 1 aliphatic carbocycles. The van der Waals surface area contributed by atoms with Crippen molar-refractivity contribution in [3.05, 3.63) is 62.5 Å². The zero-order valence-electron chi connectivity index (χ0n) is 11.4. The molecule has 20 heavy (non-hydrogen) atoms. The van der Waals surface area contributed by atoms with Crippen LogP contribution in [0.25, 0.3) is 0 Å². The molecule has 0 spiro atoms. The number of aryl methyl sites for hydroxylation is 1. The quantitative estimate of drug-likeness (QED) is 0.685. The van der Waals surface area contributed by atoms with Gasteiger partial charge in [0, 0.05) is 20.7 Å². The van der Waals surface area contributed by atoms with E-state index >= 15 is 0 Å². The largest absolute Gasteiger partial charge is 0.381 e. The first-order valence-electron chi connectivity index (χ1n) is 6.90. The summed E-state index contributed by atoms with van der Waals surface area (Å²) in [4.78, 5) is 0. The summed E-state index contributed by atoms with van der Waals surface area (Å²) in [5, 5.41) is 3.62. The molecule has 0 aromatic heterocycles. The predicted molar refractivity (Wildman–Crippen MR) is 92.4 cm³/mol. The Bertz CT molecular complexity index is 601. The number of rotatable bonds is 3. The molecule has 3 heteroatoms. The molecule has 0 radical (unpaired) electrons. The van der Waals surface area contributed by atoms with Crippen molar-refractivity contribution < 1.29 is 0 Å². The summed E-state index contributed by atoms with van der Waals surface area (Å²) in [6, 6.07) is 15.8. The van der Waals surface area contributed by atoms with Crippen LogP contribution in [0.4, 0.5) is 5.69 Å². The Balaban J connectivity index is 1.60. The van der Waals surface area contributed by atoms with Gasteiger partial charge in [0.05, 0.1) is 0 Å². The van der Waals surface area contributed by atoms with Gasteiger partial charge in [0.2, 0.25) is 0 Å². The van der Waals surface area contributed by atoms with Gasteiger partial charge < -0.3 is 5.32 Å². The van der Waals surface area contributed by atoms with Gasteiger partial charge in [-0.05, 0) is 65.4 Å². The van der Waals surface area contributed by atoms with E-state index in [4.69, 9.17) is 0 Å².